The highest BCUT2D eigenvalue weighted by atomic mass is 35.5. The van der Waals surface area contributed by atoms with Crippen LogP contribution in [0.4, 0.5) is 15.8 Å². The number of anilines is 2. The zero-order valence-electron chi connectivity index (χ0n) is 16.1. The molecular formula is C22H16Cl2FN3O3. The number of carbonyl (C=O) groups is 3. The molecule has 3 saturated heterocycles. The van der Waals surface area contributed by atoms with Crippen molar-refractivity contribution in [3.05, 3.63) is 57.8 Å². The third-order valence-corrected chi connectivity index (χ3v) is 7.64. The molecule has 4 aliphatic heterocycles. The van der Waals surface area contributed by atoms with Crippen molar-refractivity contribution in [3.63, 3.8) is 0 Å². The van der Waals surface area contributed by atoms with Crippen LogP contribution < -0.4 is 10.2 Å². The predicted octanol–water partition coefficient (Wildman–Crippen LogP) is 3.56. The fraction of sp³-hybridized carbons (Fsp3) is 0.318. The molecule has 6 nitrogen and oxygen atoms in total. The molecular weight excluding hydrogens is 444 g/mol. The van der Waals surface area contributed by atoms with Crippen molar-refractivity contribution in [1.82, 2.24) is 4.90 Å². The van der Waals surface area contributed by atoms with E-state index in [2.05, 4.69) is 5.32 Å². The van der Waals surface area contributed by atoms with Crippen molar-refractivity contribution >= 4 is 52.3 Å². The summed E-state index contributed by atoms with van der Waals surface area (Å²) in [4.78, 5) is 43.9. The molecule has 4 atom stereocenters. The van der Waals surface area contributed by atoms with Crippen LogP contribution in [0.5, 0.6) is 0 Å². The fourth-order valence-electron chi connectivity index (χ4n) is 6.05. The molecule has 0 aliphatic carbocycles. The van der Waals surface area contributed by atoms with Crippen LogP contribution >= 0.6 is 23.2 Å². The molecule has 3 amide bonds. The summed E-state index contributed by atoms with van der Waals surface area (Å²) in [6, 6.07) is 8.63. The fourth-order valence-corrected chi connectivity index (χ4v) is 6.40. The van der Waals surface area contributed by atoms with E-state index < -0.39 is 29.1 Å². The average Bonchev–Trinajstić information content (AvgIpc) is 3.43. The summed E-state index contributed by atoms with van der Waals surface area (Å²) in [6.45, 7) is 0.611. The minimum absolute atomic E-state index is 0.178. The molecule has 2 aromatic rings. The Labute approximate surface area is 186 Å². The first-order valence-corrected chi connectivity index (χ1v) is 10.8. The SMILES string of the molecule is O=C1[C@H]2[C@H]3CCCN3[C@@]3(C(=O)Nc4ccc(Cl)cc43)[C@@H]2C(=O)N1c1ccc(F)c(Cl)c1. The molecule has 0 unspecified atom stereocenters. The zero-order chi connectivity index (χ0) is 21.7. The molecule has 6 rings (SSSR count). The van der Waals surface area contributed by atoms with E-state index in [1.54, 1.807) is 18.2 Å². The number of hydrogen-bond donors (Lipinski definition) is 1. The van der Waals surface area contributed by atoms with E-state index >= 15 is 0 Å². The lowest BCUT2D eigenvalue weighted by molar-refractivity contribution is -0.135. The predicted molar refractivity (Wildman–Crippen MR) is 112 cm³/mol. The van der Waals surface area contributed by atoms with Gasteiger partial charge in [0, 0.05) is 22.3 Å². The average molecular weight is 460 g/mol. The van der Waals surface area contributed by atoms with E-state index in [4.69, 9.17) is 23.2 Å². The van der Waals surface area contributed by atoms with Crippen LogP contribution in [0.3, 0.4) is 0 Å². The van der Waals surface area contributed by atoms with Crippen molar-refractivity contribution in [2.75, 3.05) is 16.8 Å². The molecule has 0 saturated carbocycles. The minimum atomic E-state index is -1.29. The molecule has 4 heterocycles. The number of fused-ring (bicyclic) bond motifs is 7. The summed E-state index contributed by atoms with van der Waals surface area (Å²) in [5, 5.41) is 3.17. The molecule has 3 fully saturated rings. The van der Waals surface area contributed by atoms with Gasteiger partial charge in [0.1, 0.15) is 11.4 Å². The summed E-state index contributed by atoms with van der Waals surface area (Å²) < 4.78 is 13.7. The minimum Gasteiger partial charge on any atom is -0.324 e. The first-order valence-electron chi connectivity index (χ1n) is 10.1. The maximum absolute atomic E-state index is 13.8. The second kappa shape index (κ2) is 6.28. The van der Waals surface area contributed by atoms with Gasteiger partial charge >= 0.3 is 0 Å². The van der Waals surface area contributed by atoms with Gasteiger partial charge in [-0.1, -0.05) is 23.2 Å². The first kappa shape index (κ1) is 19.2. The lowest BCUT2D eigenvalue weighted by atomic mass is 9.75. The number of amides is 3. The summed E-state index contributed by atoms with van der Waals surface area (Å²) >= 11 is 12.2. The Morgan fingerprint density at radius 1 is 1.06 bits per heavy atom. The third kappa shape index (κ3) is 2.24. The molecule has 1 N–H and O–H groups in total. The van der Waals surface area contributed by atoms with Gasteiger partial charge in [-0.15, -0.1) is 0 Å². The molecule has 0 aromatic heterocycles. The molecule has 0 bridgehead atoms. The maximum Gasteiger partial charge on any atom is 0.250 e. The van der Waals surface area contributed by atoms with Crippen LogP contribution in [-0.4, -0.2) is 35.2 Å². The van der Waals surface area contributed by atoms with Crippen LogP contribution in [0.1, 0.15) is 18.4 Å². The zero-order valence-corrected chi connectivity index (χ0v) is 17.6. The number of rotatable bonds is 1. The van der Waals surface area contributed by atoms with Gasteiger partial charge in [0.05, 0.1) is 22.5 Å². The number of halogens is 3. The Morgan fingerprint density at radius 3 is 2.65 bits per heavy atom. The molecule has 9 heteroatoms. The first-order chi connectivity index (χ1) is 14.9. The van der Waals surface area contributed by atoms with Crippen molar-refractivity contribution in [1.29, 1.82) is 0 Å². The van der Waals surface area contributed by atoms with E-state index in [9.17, 15) is 18.8 Å². The molecule has 31 heavy (non-hydrogen) atoms. The maximum atomic E-state index is 13.8. The molecule has 1 spiro atoms. The highest BCUT2D eigenvalue weighted by Gasteiger charge is 2.74. The monoisotopic (exact) mass is 459 g/mol. The Hall–Kier alpha value is -2.48. The highest BCUT2D eigenvalue weighted by Crippen LogP contribution is 2.60. The number of imide groups is 1. The van der Waals surface area contributed by atoms with Crippen molar-refractivity contribution in [2.24, 2.45) is 11.8 Å². The van der Waals surface area contributed by atoms with E-state index in [1.807, 2.05) is 4.90 Å². The van der Waals surface area contributed by atoms with Gasteiger partial charge in [-0.2, -0.15) is 0 Å². The number of carbonyl (C=O) groups excluding carboxylic acids is 3. The van der Waals surface area contributed by atoms with Gasteiger partial charge in [0.15, 0.2) is 0 Å². The Kier molecular flexibility index (Phi) is 3.89. The van der Waals surface area contributed by atoms with Gasteiger partial charge < -0.3 is 5.32 Å². The Bertz CT molecular complexity index is 1200. The van der Waals surface area contributed by atoms with E-state index in [0.717, 1.165) is 17.4 Å². The lowest BCUT2D eigenvalue weighted by Crippen LogP contribution is -2.54. The van der Waals surface area contributed by atoms with Gasteiger partial charge in [0.25, 0.3) is 0 Å². The largest absolute Gasteiger partial charge is 0.324 e. The molecule has 158 valence electrons. The van der Waals surface area contributed by atoms with Crippen LogP contribution in [0.25, 0.3) is 0 Å². The third-order valence-electron chi connectivity index (χ3n) is 7.12. The molecule has 0 radical (unpaired) electrons. The second-order valence-electron chi connectivity index (χ2n) is 8.43. The summed E-state index contributed by atoms with van der Waals surface area (Å²) in [5.74, 6) is -3.38. The number of hydrogen-bond acceptors (Lipinski definition) is 4. The summed E-state index contributed by atoms with van der Waals surface area (Å²) in [7, 11) is 0. The quantitative estimate of drug-likeness (QED) is 0.661. The van der Waals surface area contributed by atoms with E-state index in [1.165, 1.54) is 12.1 Å². The second-order valence-corrected chi connectivity index (χ2v) is 9.27. The van der Waals surface area contributed by atoms with Crippen LogP contribution in [0.2, 0.25) is 10.0 Å². The Balaban J connectivity index is 1.56. The summed E-state index contributed by atoms with van der Waals surface area (Å²) in [5.41, 5.74) is 0.145. The van der Waals surface area contributed by atoms with Gasteiger partial charge in [-0.05, 0) is 55.8 Å². The summed E-state index contributed by atoms with van der Waals surface area (Å²) in [6.07, 6.45) is 1.53. The normalized spacial score (nSPS) is 31.4. The smallest absolute Gasteiger partial charge is 0.250 e. The van der Waals surface area contributed by atoms with Gasteiger partial charge in [0.2, 0.25) is 17.7 Å². The molecule has 2 aromatic carbocycles. The van der Waals surface area contributed by atoms with Crippen LogP contribution in [-0.2, 0) is 19.9 Å². The van der Waals surface area contributed by atoms with E-state index in [0.29, 0.717) is 29.2 Å². The van der Waals surface area contributed by atoms with E-state index in [-0.39, 0.29) is 28.6 Å². The van der Waals surface area contributed by atoms with Crippen LogP contribution in [0, 0.1) is 17.7 Å². The number of nitrogens with one attached hydrogen (secondary N) is 1. The van der Waals surface area contributed by atoms with Gasteiger partial charge in [-0.25, -0.2) is 9.29 Å². The number of nitrogens with zero attached hydrogens (tertiary/aromatic N) is 2. The van der Waals surface area contributed by atoms with Gasteiger partial charge in [-0.3, -0.25) is 19.3 Å². The Morgan fingerprint density at radius 2 is 1.87 bits per heavy atom. The number of benzene rings is 2. The van der Waals surface area contributed by atoms with Crippen molar-refractivity contribution in [3.8, 4) is 0 Å². The van der Waals surface area contributed by atoms with Crippen LogP contribution in [0.15, 0.2) is 36.4 Å². The van der Waals surface area contributed by atoms with Crippen molar-refractivity contribution < 1.29 is 18.8 Å². The molecule has 4 aliphatic rings. The van der Waals surface area contributed by atoms with Crippen molar-refractivity contribution in [2.45, 2.75) is 24.4 Å². The lowest BCUT2D eigenvalue weighted by Gasteiger charge is -2.36. The standard InChI is InChI=1S/C22H16Cl2FN3O3/c23-10-3-6-15-12(8-10)22(21(31)26-15)18-17(16-2-1-7-27(16)22)19(29)28(20(18)30)11-4-5-14(25)13(24)9-11/h3-6,8-9,16-18H,1-2,7H2,(H,26,31)/t16-,17+,18+,22-/m1/s1. The highest BCUT2D eigenvalue weighted by molar-refractivity contribution is 6.32. The topological polar surface area (TPSA) is 69.7 Å².